The van der Waals surface area contributed by atoms with Gasteiger partial charge in [-0.25, -0.2) is 4.98 Å². The molecule has 6 nitrogen and oxygen atoms in total. The second-order valence-electron chi connectivity index (χ2n) is 6.34. The summed E-state index contributed by atoms with van der Waals surface area (Å²) in [4.78, 5) is 16.8. The topological polar surface area (TPSA) is 76.4 Å². The Kier molecular flexibility index (Phi) is 4.68. The Morgan fingerprint density at radius 1 is 1.04 bits per heavy atom. The van der Waals surface area contributed by atoms with E-state index in [4.69, 9.17) is 9.15 Å². The van der Waals surface area contributed by atoms with Crippen LogP contribution in [-0.4, -0.2) is 18.0 Å². The molecule has 140 valence electrons. The van der Waals surface area contributed by atoms with E-state index in [1.165, 1.54) is 6.26 Å². The zero-order chi connectivity index (χ0) is 19.5. The fourth-order valence-electron chi connectivity index (χ4n) is 2.96. The van der Waals surface area contributed by atoms with E-state index in [1.807, 2.05) is 55.5 Å². The van der Waals surface area contributed by atoms with Crippen molar-refractivity contribution in [2.24, 2.45) is 0 Å². The van der Waals surface area contributed by atoms with E-state index in [0.717, 1.165) is 33.7 Å². The fraction of sp³-hybridized carbons (Fsp3) is 0.0909. The van der Waals surface area contributed by atoms with Crippen LogP contribution >= 0.6 is 0 Å². The number of methoxy groups -OCH3 is 1. The van der Waals surface area contributed by atoms with Gasteiger partial charge in [0.05, 0.1) is 18.9 Å². The van der Waals surface area contributed by atoms with Gasteiger partial charge in [-0.3, -0.25) is 4.79 Å². The van der Waals surface area contributed by atoms with Gasteiger partial charge in [-0.2, -0.15) is 0 Å². The second kappa shape index (κ2) is 7.44. The largest absolute Gasteiger partial charge is 0.497 e. The number of pyridine rings is 1. The molecule has 0 saturated carbocycles. The molecule has 0 bridgehead atoms. The fourth-order valence-corrected chi connectivity index (χ4v) is 2.96. The number of benzene rings is 2. The SMILES string of the molecule is COc1ccc(Nc2cc(C)c3cc(NC(=O)c4ccco4)ccc3n2)cc1. The van der Waals surface area contributed by atoms with Crippen molar-refractivity contribution in [2.75, 3.05) is 17.7 Å². The molecular weight excluding hydrogens is 354 g/mol. The number of carbonyl (C=O) groups excluding carboxylic acids is 1. The standard InChI is InChI=1S/C22H19N3O3/c1-14-12-21(23-15-5-8-17(27-2)9-6-15)25-19-10-7-16(13-18(14)19)24-22(26)20-4-3-11-28-20/h3-13H,1-2H3,(H,23,25)(H,24,26). The summed E-state index contributed by atoms with van der Waals surface area (Å²) in [7, 11) is 1.64. The number of ether oxygens (including phenoxy) is 1. The third kappa shape index (κ3) is 3.66. The number of amides is 1. The molecule has 2 aromatic carbocycles. The van der Waals surface area contributed by atoms with E-state index < -0.39 is 0 Å². The lowest BCUT2D eigenvalue weighted by molar-refractivity contribution is 0.0996. The van der Waals surface area contributed by atoms with Gasteiger partial charge in [0.25, 0.3) is 5.91 Å². The zero-order valence-electron chi connectivity index (χ0n) is 15.5. The molecule has 0 unspecified atom stereocenters. The van der Waals surface area contributed by atoms with E-state index in [1.54, 1.807) is 19.2 Å². The number of hydrogen-bond donors (Lipinski definition) is 2. The minimum absolute atomic E-state index is 0.272. The lowest BCUT2D eigenvalue weighted by atomic mass is 10.1. The summed E-state index contributed by atoms with van der Waals surface area (Å²) in [5.41, 5.74) is 3.51. The van der Waals surface area contributed by atoms with Crippen molar-refractivity contribution in [1.29, 1.82) is 0 Å². The first-order valence-corrected chi connectivity index (χ1v) is 8.80. The average molecular weight is 373 g/mol. The highest BCUT2D eigenvalue weighted by atomic mass is 16.5. The van der Waals surface area contributed by atoms with Crippen LogP contribution in [0.4, 0.5) is 17.2 Å². The van der Waals surface area contributed by atoms with E-state index in [0.29, 0.717) is 5.69 Å². The van der Waals surface area contributed by atoms with Gasteiger partial charge in [-0.05, 0) is 73.2 Å². The predicted molar refractivity (Wildman–Crippen MR) is 109 cm³/mol. The molecule has 0 spiro atoms. The monoisotopic (exact) mass is 373 g/mol. The van der Waals surface area contributed by atoms with Gasteiger partial charge < -0.3 is 19.8 Å². The summed E-state index contributed by atoms with van der Waals surface area (Å²) in [6.45, 7) is 2.02. The Labute approximate surface area is 162 Å². The molecule has 1 amide bonds. The van der Waals surface area contributed by atoms with E-state index in [2.05, 4.69) is 15.6 Å². The van der Waals surface area contributed by atoms with Crippen LogP contribution in [0.5, 0.6) is 5.75 Å². The highest BCUT2D eigenvalue weighted by Gasteiger charge is 2.10. The number of furan rings is 1. The second-order valence-corrected chi connectivity index (χ2v) is 6.34. The summed E-state index contributed by atoms with van der Waals surface area (Å²) in [6.07, 6.45) is 1.47. The third-order valence-corrected chi connectivity index (χ3v) is 4.38. The van der Waals surface area contributed by atoms with E-state index in [-0.39, 0.29) is 11.7 Å². The number of aromatic nitrogens is 1. The van der Waals surface area contributed by atoms with Crippen molar-refractivity contribution in [1.82, 2.24) is 4.98 Å². The molecule has 0 aliphatic heterocycles. The van der Waals surface area contributed by atoms with E-state index in [9.17, 15) is 4.79 Å². The van der Waals surface area contributed by atoms with Crippen LogP contribution in [0, 0.1) is 6.92 Å². The summed E-state index contributed by atoms with van der Waals surface area (Å²) in [5, 5.41) is 7.12. The molecular formula is C22H19N3O3. The smallest absolute Gasteiger partial charge is 0.291 e. The Hall–Kier alpha value is -3.80. The number of fused-ring (bicyclic) bond motifs is 1. The lowest BCUT2D eigenvalue weighted by Gasteiger charge is -2.11. The molecule has 4 aromatic rings. The van der Waals surface area contributed by atoms with Gasteiger partial charge in [-0.1, -0.05) is 0 Å². The maximum atomic E-state index is 12.2. The molecule has 0 aliphatic carbocycles. The van der Waals surface area contributed by atoms with Gasteiger partial charge in [-0.15, -0.1) is 0 Å². The van der Waals surface area contributed by atoms with Crippen molar-refractivity contribution in [2.45, 2.75) is 6.92 Å². The Bertz CT molecular complexity index is 1120. The summed E-state index contributed by atoms with van der Waals surface area (Å²) in [5.74, 6) is 1.54. The minimum atomic E-state index is -0.284. The summed E-state index contributed by atoms with van der Waals surface area (Å²) < 4.78 is 10.3. The Balaban J connectivity index is 1.57. The molecule has 2 N–H and O–H groups in total. The number of nitrogens with one attached hydrogen (secondary N) is 2. The van der Waals surface area contributed by atoms with Crippen molar-refractivity contribution in [3.8, 4) is 5.75 Å². The van der Waals surface area contributed by atoms with Gasteiger partial charge in [0.15, 0.2) is 5.76 Å². The molecule has 4 rings (SSSR count). The Morgan fingerprint density at radius 2 is 1.82 bits per heavy atom. The molecule has 6 heteroatoms. The number of anilines is 3. The van der Waals surface area contributed by atoms with Crippen LogP contribution < -0.4 is 15.4 Å². The summed E-state index contributed by atoms with van der Waals surface area (Å²) in [6, 6.07) is 18.6. The van der Waals surface area contributed by atoms with Crippen molar-refractivity contribution in [3.63, 3.8) is 0 Å². The quantitative estimate of drug-likeness (QED) is 0.506. The van der Waals surface area contributed by atoms with Crippen LogP contribution in [0.1, 0.15) is 16.1 Å². The molecule has 2 aromatic heterocycles. The van der Waals surface area contributed by atoms with Gasteiger partial charge in [0, 0.05) is 16.8 Å². The number of nitrogens with zero attached hydrogens (tertiary/aromatic N) is 1. The molecule has 0 atom stereocenters. The normalized spacial score (nSPS) is 10.6. The van der Waals surface area contributed by atoms with Crippen LogP contribution in [0.3, 0.4) is 0 Å². The summed E-state index contributed by atoms with van der Waals surface area (Å²) >= 11 is 0. The molecule has 0 saturated heterocycles. The van der Waals surface area contributed by atoms with Crippen LogP contribution in [0.2, 0.25) is 0 Å². The average Bonchev–Trinajstić information content (AvgIpc) is 3.24. The maximum Gasteiger partial charge on any atom is 0.291 e. The van der Waals surface area contributed by atoms with Crippen molar-refractivity contribution in [3.05, 3.63) is 78.3 Å². The number of rotatable bonds is 5. The van der Waals surface area contributed by atoms with Crippen molar-refractivity contribution >= 4 is 34.0 Å². The zero-order valence-corrected chi connectivity index (χ0v) is 15.5. The van der Waals surface area contributed by atoms with Crippen LogP contribution in [0.15, 0.2) is 71.3 Å². The first kappa shape index (κ1) is 17.6. The molecule has 2 heterocycles. The van der Waals surface area contributed by atoms with Gasteiger partial charge >= 0.3 is 0 Å². The molecule has 0 aliphatic rings. The first-order valence-electron chi connectivity index (χ1n) is 8.80. The highest BCUT2D eigenvalue weighted by Crippen LogP contribution is 2.26. The van der Waals surface area contributed by atoms with Crippen LogP contribution in [0.25, 0.3) is 10.9 Å². The maximum absolute atomic E-state index is 12.2. The number of aryl methyl sites for hydroxylation is 1. The minimum Gasteiger partial charge on any atom is -0.497 e. The number of carbonyl (C=O) groups is 1. The molecule has 0 radical (unpaired) electrons. The Morgan fingerprint density at radius 3 is 2.54 bits per heavy atom. The van der Waals surface area contributed by atoms with Crippen molar-refractivity contribution < 1.29 is 13.9 Å². The number of hydrogen-bond acceptors (Lipinski definition) is 5. The van der Waals surface area contributed by atoms with E-state index >= 15 is 0 Å². The molecule has 0 fully saturated rings. The first-order chi connectivity index (χ1) is 13.6. The lowest BCUT2D eigenvalue weighted by Crippen LogP contribution is -2.10. The molecule has 28 heavy (non-hydrogen) atoms. The third-order valence-electron chi connectivity index (χ3n) is 4.38. The van der Waals surface area contributed by atoms with Gasteiger partial charge in [0.2, 0.25) is 0 Å². The van der Waals surface area contributed by atoms with Crippen LogP contribution in [-0.2, 0) is 0 Å². The predicted octanol–water partition coefficient (Wildman–Crippen LogP) is 5.14. The highest BCUT2D eigenvalue weighted by molar-refractivity contribution is 6.03. The van der Waals surface area contributed by atoms with Gasteiger partial charge in [0.1, 0.15) is 11.6 Å².